The smallest absolute Gasteiger partial charge is 0.279 e. The fourth-order valence-corrected chi connectivity index (χ4v) is 6.98. The summed E-state index contributed by atoms with van der Waals surface area (Å²) in [5.41, 5.74) is 0.286. The molecule has 2 bridgehead atoms. The van der Waals surface area contributed by atoms with Crippen LogP contribution in [-0.4, -0.2) is 86.2 Å². The van der Waals surface area contributed by atoms with E-state index in [0.29, 0.717) is 44.9 Å². The van der Waals surface area contributed by atoms with Gasteiger partial charge in [0.05, 0.1) is 6.61 Å². The molecule has 188 valence electrons. The summed E-state index contributed by atoms with van der Waals surface area (Å²) in [5, 5.41) is 6.93. The lowest BCUT2D eigenvalue weighted by atomic mass is 10.1. The largest absolute Gasteiger partial charge is 0.383 e. The van der Waals surface area contributed by atoms with Crippen LogP contribution in [-0.2, 0) is 14.9 Å². The number of hydrogen-bond donors (Lipinski definition) is 2. The van der Waals surface area contributed by atoms with Gasteiger partial charge in [0.2, 0.25) is 0 Å². The predicted octanol–water partition coefficient (Wildman–Crippen LogP) is 1.39. The minimum absolute atomic E-state index is 0.179. The molecule has 2 saturated heterocycles. The van der Waals surface area contributed by atoms with E-state index in [4.69, 9.17) is 9.26 Å². The van der Waals surface area contributed by atoms with Gasteiger partial charge in [0, 0.05) is 62.9 Å². The number of hydrogen-bond acceptors (Lipinski definition) is 7. The zero-order valence-corrected chi connectivity index (χ0v) is 20.5. The van der Waals surface area contributed by atoms with Crippen molar-refractivity contribution >= 4 is 16.1 Å². The van der Waals surface area contributed by atoms with Crippen LogP contribution in [0.25, 0.3) is 0 Å². The predicted molar refractivity (Wildman–Crippen MR) is 126 cm³/mol. The van der Waals surface area contributed by atoms with Gasteiger partial charge in [0.1, 0.15) is 5.76 Å². The van der Waals surface area contributed by atoms with Crippen LogP contribution in [0.4, 0.5) is 0 Å². The van der Waals surface area contributed by atoms with Crippen LogP contribution in [0.2, 0.25) is 0 Å². The van der Waals surface area contributed by atoms with Crippen molar-refractivity contribution in [3.05, 3.63) is 29.7 Å². The van der Waals surface area contributed by atoms with Gasteiger partial charge in [0.15, 0.2) is 5.69 Å². The van der Waals surface area contributed by atoms with Crippen LogP contribution >= 0.6 is 0 Å². The number of carbonyl (C=O) groups excluding carboxylic acids is 1. The lowest BCUT2D eigenvalue weighted by Gasteiger charge is -2.40. The molecule has 5 rings (SSSR count). The molecule has 2 N–H and O–H groups in total. The molecule has 1 saturated carbocycles. The van der Waals surface area contributed by atoms with Crippen LogP contribution in [0.15, 0.2) is 22.7 Å². The van der Waals surface area contributed by atoms with E-state index < -0.39 is 10.2 Å². The Hall–Kier alpha value is -1.79. The summed E-state index contributed by atoms with van der Waals surface area (Å²) >= 11 is 0. The summed E-state index contributed by atoms with van der Waals surface area (Å²) in [7, 11) is -1.93. The van der Waals surface area contributed by atoms with E-state index >= 15 is 0 Å². The third kappa shape index (κ3) is 5.38. The Kier molecular flexibility index (Phi) is 7.08. The number of rotatable bonds is 9. The molecule has 11 heteroatoms. The number of amides is 1. The Labute approximate surface area is 201 Å². The van der Waals surface area contributed by atoms with Gasteiger partial charge in [-0.2, -0.15) is 17.4 Å². The van der Waals surface area contributed by atoms with Crippen molar-refractivity contribution < 1.29 is 22.5 Å². The van der Waals surface area contributed by atoms with Crippen molar-refractivity contribution in [3.63, 3.8) is 0 Å². The van der Waals surface area contributed by atoms with E-state index in [1.807, 2.05) is 12.2 Å². The molecule has 4 atom stereocenters. The number of carbonyl (C=O) groups is 1. The van der Waals surface area contributed by atoms with Crippen LogP contribution in [0.1, 0.15) is 67.1 Å². The van der Waals surface area contributed by atoms with E-state index in [9.17, 15) is 13.2 Å². The first-order valence-electron chi connectivity index (χ1n) is 12.4. The molecular formula is C23H35N5O5S. The van der Waals surface area contributed by atoms with Gasteiger partial charge in [-0.05, 0) is 44.9 Å². The number of aromatic nitrogens is 1. The molecule has 10 nitrogen and oxygen atoms in total. The van der Waals surface area contributed by atoms with Gasteiger partial charge in [0.25, 0.3) is 16.1 Å². The number of nitrogens with one attached hydrogen (secondary N) is 2. The molecule has 34 heavy (non-hydrogen) atoms. The van der Waals surface area contributed by atoms with Gasteiger partial charge in [-0.15, -0.1) is 0 Å². The molecule has 0 aromatic carbocycles. The molecule has 0 radical (unpaired) electrons. The van der Waals surface area contributed by atoms with Crippen LogP contribution in [0.3, 0.4) is 0 Å². The molecule has 3 fully saturated rings. The highest BCUT2D eigenvalue weighted by molar-refractivity contribution is 7.87. The van der Waals surface area contributed by atoms with E-state index in [1.165, 1.54) is 0 Å². The van der Waals surface area contributed by atoms with E-state index in [1.54, 1.807) is 17.5 Å². The van der Waals surface area contributed by atoms with Gasteiger partial charge < -0.3 is 14.6 Å². The molecule has 3 heterocycles. The Morgan fingerprint density at radius 2 is 1.85 bits per heavy atom. The molecule has 1 amide bonds. The Morgan fingerprint density at radius 1 is 1.15 bits per heavy atom. The summed E-state index contributed by atoms with van der Waals surface area (Å²) in [6.45, 7) is 2.52. The molecule has 0 spiro atoms. The standard InChI is InChI=1S/C23H35N5O5S/c1-32-11-10-28-19-8-9-20(28)15-27(14-19)34(30,31)26-18-5-3-2-4-17(12-18)24-23(29)21-13-22(33-25-21)16-6-7-16/h2-3,13,16-20,26H,4-12,14-15H2,1H3,(H,24,29)/t17-,18-,19?,20?/m0/s1. The van der Waals surface area contributed by atoms with Crippen LogP contribution < -0.4 is 10.0 Å². The highest BCUT2D eigenvalue weighted by atomic mass is 32.2. The van der Waals surface area contributed by atoms with Gasteiger partial charge in [-0.1, -0.05) is 17.3 Å². The summed E-state index contributed by atoms with van der Waals surface area (Å²) in [4.78, 5) is 15.1. The second-order valence-corrected chi connectivity index (χ2v) is 11.7. The molecule has 4 aliphatic rings. The lowest BCUT2D eigenvalue weighted by molar-refractivity contribution is 0.0736. The first kappa shape index (κ1) is 23.9. The van der Waals surface area contributed by atoms with E-state index in [-0.39, 0.29) is 35.8 Å². The summed E-state index contributed by atoms with van der Waals surface area (Å²) in [6, 6.07) is 1.75. The Bertz CT molecular complexity index is 993. The number of methoxy groups -OCH3 is 1. The SMILES string of the molecule is COCCN1C2CCC1CN(S(=O)(=O)N[C@H]1CC=CC[C@H](NC(=O)c3cc(C4CC4)on3)C1)C2. The number of piperazine rings is 1. The van der Waals surface area contributed by atoms with Crippen molar-refractivity contribution in [1.29, 1.82) is 0 Å². The molecule has 2 aliphatic heterocycles. The number of ether oxygens (including phenoxy) is 1. The summed E-state index contributed by atoms with van der Waals surface area (Å²) in [5.74, 6) is 0.889. The highest BCUT2D eigenvalue weighted by Crippen LogP contribution is 2.40. The Balaban J connectivity index is 1.17. The fraction of sp³-hybridized carbons (Fsp3) is 0.739. The van der Waals surface area contributed by atoms with E-state index in [0.717, 1.165) is 38.0 Å². The van der Waals surface area contributed by atoms with Crippen LogP contribution in [0.5, 0.6) is 0 Å². The third-order valence-electron chi connectivity index (χ3n) is 7.46. The van der Waals surface area contributed by atoms with Crippen molar-refractivity contribution in [2.45, 2.75) is 75.0 Å². The minimum Gasteiger partial charge on any atom is -0.383 e. The average Bonchev–Trinajstić information content (AvgIpc) is 3.53. The van der Waals surface area contributed by atoms with Crippen molar-refractivity contribution in [1.82, 2.24) is 24.4 Å². The maximum absolute atomic E-state index is 13.3. The van der Waals surface area contributed by atoms with Crippen molar-refractivity contribution in [2.75, 3.05) is 33.4 Å². The summed E-state index contributed by atoms with van der Waals surface area (Å²) < 4.78 is 41.6. The maximum Gasteiger partial charge on any atom is 0.279 e. The fourth-order valence-electron chi connectivity index (χ4n) is 5.48. The Morgan fingerprint density at radius 3 is 2.53 bits per heavy atom. The minimum atomic E-state index is -3.62. The summed E-state index contributed by atoms with van der Waals surface area (Å²) in [6.07, 6.45) is 9.97. The van der Waals surface area contributed by atoms with Crippen molar-refractivity contribution in [2.24, 2.45) is 0 Å². The number of nitrogens with zero attached hydrogens (tertiary/aromatic N) is 3. The van der Waals surface area contributed by atoms with Gasteiger partial charge in [-0.25, -0.2) is 0 Å². The molecule has 2 unspecified atom stereocenters. The lowest BCUT2D eigenvalue weighted by Crippen LogP contribution is -2.59. The highest BCUT2D eigenvalue weighted by Gasteiger charge is 2.43. The first-order chi connectivity index (χ1) is 16.4. The molecule has 1 aromatic rings. The first-order valence-corrected chi connectivity index (χ1v) is 13.8. The average molecular weight is 494 g/mol. The molecule has 1 aromatic heterocycles. The van der Waals surface area contributed by atoms with Gasteiger partial charge >= 0.3 is 0 Å². The number of fused-ring (bicyclic) bond motifs is 2. The van der Waals surface area contributed by atoms with E-state index in [2.05, 4.69) is 20.1 Å². The second-order valence-electron chi connectivity index (χ2n) is 9.99. The topological polar surface area (TPSA) is 117 Å². The second kappa shape index (κ2) is 10.1. The maximum atomic E-state index is 13.3. The normalized spacial score (nSPS) is 30.4. The third-order valence-corrected chi connectivity index (χ3v) is 9.07. The molecular weight excluding hydrogens is 458 g/mol. The van der Waals surface area contributed by atoms with Crippen LogP contribution in [0, 0.1) is 0 Å². The quantitative estimate of drug-likeness (QED) is 0.499. The van der Waals surface area contributed by atoms with Crippen molar-refractivity contribution in [3.8, 4) is 0 Å². The zero-order chi connectivity index (χ0) is 23.7. The zero-order valence-electron chi connectivity index (χ0n) is 19.7. The van der Waals surface area contributed by atoms with Gasteiger partial charge in [-0.3, -0.25) is 9.69 Å². The molecule has 2 aliphatic carbocycles. The monoisotopic (exact) mass is 493 g/mol.